The molecule has 6 N–H and O–H groups in total. The third-order valence-electron chi connectivity index (χ3n) is 8.24. The minimum atomic E-state index is 0.291. The first kappa shape index (κ1) is 34.9. The second-order valence-corrected chi connectivity index (χ2v) is 12.3. The summed E-state index contributed by atoms with van der Waals surface area (Å²) in [6.07, 6.45) is 0. The Labute approximate surface area is 323 Å². The van der Waals surface area contributed by atoms with Crippen molar-refractivity contribution in [3.63, 3.8) is 0 Å². The highest BCUT2D eigenvalue weighted by atomic mass is 15.3. The normalized spacial score (nSPS) is 11.1. The Hall–Kier alpha value is -8.12. The van der Waals surface area contributed by atoms with E-state index < -0.39 is 0 Å². The van der Waals surface area contributed by atoms with Gasteiger partial charge in [0.1, 0.15) is 0 Å². The smallest absolute Gasteiger partial charge is 0.233 e. The van der Waals surface area contributed by atoms with E-state index in [9.17, 15) is 0 Å². The van der Waals surface area contributed by atoms with Gasteiger partial charge in [0.15, 0.2) is 0 Å². The Bertz CT molecular complexity index is 2210. The van der Waals surface area contributed by atoms with Crippen LogP contribution in [-0.4, -0.2) is 29.9 Å². The summed E-state index contributed by atoms with van der Waals surface area (Å²) < 4.78 is 0. The standard InChI is InChI=1S/C44H36N12/c1-7-19-31(20-8-1)37(49-43-53-39(45-33-23-11-3-12-24-33)51-40(54-43)46-34-25-13-4-14-26-34)38(32-21-9-2-10-22-32)50-44-55-41(47-35-27-15-5-16-28-35)52-42(56-44)48-36-29-17-6-18-30-36/h1-30H,(H3,45,46,49,51,53,54)(H3,47,48,50,52,55,56). The average molecular weight is 733 g/mol. The van der Waals surface area contributed by atoms with Crippen molar-refractivity contribution in [2.75, 3.05) is 31.9 Å². The summed E-state index contributed by atoms with van der Waals surface area (Å²) in [6, 6.07) is 58.9. The minimum Gasteiger partial charge on any atom is -0.324 e. The maximum Gasteiger partial charge on any atom is 0.233 e. The van der Waals surface area contributed by atoms with Gasteiger partial charge in [-0.15, -0.1) is 0 Å². The average Bonchev–Trinajstić information content (AvgIpc) is 3.24. The van der Waals surface area contributed by atoms with Crippen molar-refractivity contribution < 1.29 is 0 Å². The van der Waals surface area contributed by atoms with Gasteiger partial charge in [0.2, 0.25) is 35.7 Å². The summed E-state index contributed by atoms with van der Waals surface area (Å²) in [4.78, 5) is 28.7. The predicted molar refractivity (Wildman–Crippen MR) is 225 cm³/mol. The molecule has 0 aliphatic carbocycles. The number of hydrogen-bond donors (Lipinski definition) is 6. The maximum atomic E-state index is 4.83. The molecular weight excluding hydrogens is 697 g/mol. The van der Waals surface area contributed by atoms with E-state index in [4.69, 9.17) is 29.9 Å². The molecule has 0 aliphatic heterocycles. The molecule has 272 valence electrons. The van der Waals surface area contributed by atoms with Crippen molar-refractivity contribution in [3.05, 3.63) is 193 Å². The molecule has 8 rings (SSSR count). The first-order chi connectivity index (χ1) is 27.7. The van der Waals surface area contributed by atoms with Gasteiger partial charge in [-0.2, -0.15) is 29.9 Å². The fourth-order valence-corrected chi connectivity index (χ4v) is 5.68. The number of para-hydroxylation sites is 4. The highest BCUT2D eigenvalue weighted by Crippen LogP contribution is 2.30. The number of anilines is 10. The van der Waals surface area contributed by atoms with E-state index in [1.165, 1.54) is 0 Å². The summed E-state index contributed by atoms with van der Waals surface area (Å²) in [5, 5.41) is 20.4. The molecule has 0 aliphatic rings. The molecule has 0 spiro atoms. The molecule has 0 bridgehead atoms. The lowest BCUT2D eigenvalue weighted by molar-refractivity contribution is 1.06. The van der Waals surface area contributed by atoms with Gasteiger partial charge in [-0.05, 0) is 48.5 Å². The van der Waals surface area contributed by atoms with E-state index in [-0.39, 0.29) is 0 Å². The molecule has 0 saturated carbocycles. The summed E-state index contributed by atoms with van der Waals surface area (Å²) in [5.74, 6) is 1.97. The number of aromatic nitrogens is 6. The van der Waals surface area contributed by atoms with Crippen LogP contribution in [0.25, 0.3) is 11.4 Å². The lowest BCUT2D eigenvalue weighted by Crippen LogP contribution is -2.15. The van der Waals surface area contributed by atoms with Crippen LogP contribution in [0.15, 0.2) is 182 Å². The van der Waals surface area contributed by atoms with E-state index >= 15 is 0 Å². The van der Waals surface area contributed by atoms with E-state index in [0.717, 1.165) is 33.9 Å². The van der Waals surface area contributed by atoms with Crippen molar-refractivity contribution >= 4 is 69.8 Å². The molecule has 0 fully saturated rings. The number of nitrogens with one attached hydrogen (secondary N) is 6. The molecule has 8 aromatic rings. The second kappa shape index (κ2) is 17.1. The van der Waals surface area contributed by atoms with Crippen LogP contribution in [-0.2, 0) is 0 Å². The zero-order valence-electron chi connectivity index (χ0n) is 30.0. The summed E-state index contributed by atoms with van der Waals surface area (Å²) >= 11 is 0. The zero-order chi connectivity index (χ0) is 37.8. The lowest BCUT2D eigenvalue weighted by Gasteiger charge is -2.20. The van der Waals surface area contributed by atoms with E-state index in [2.05, 4.69) is 31.9 Å². The third kappa shape index (κ3) is 9.26. The highest BCUT2D eigenvalue weighted by molar-refractivity contribution is 5.99. The van der Waals surface area contributed by atoms with Crippen molar-refractivity contribution in [2.24, 2.45) is 0 Å². The van der Waals surface area contributed by atoms with Gasteiger partial charge < -0.3 is 31.9 Å². The maximum absolute atomic E-state index is 4.83. The molecule has 56 heavy (non-hydrogen) atoms. The molecule has 12 heteroatoms. The summed E-state index contributed by atoms with van der Waals surface area (Å²) in [6.45, 7) is 0. The van der Waals surface area contributed by atoms with Gasteiger partial charge in [0, 0.05) is 33.9 Å². The van der Waals surface area contributed by atoms with Crippen molar-refractivity contribution in [2.45, 2.75) is 0 Å². The van der Waals surface area contributed by atoms with Crippen LogP contribution in [0.1, 0.15) is 11.1 Å². The second-order valence-electron chi connectivity index (χ2n) is 12.3. The molecule has 2 heterocycles. The molecule has 0 radical (unpaired) electrons. The van der Waals surface area contributed by atoms with Crippen LogP contribution in [0.2, 0.25) is 0 Å². The quantitative estimate of drug-likeness (QED) is 0.0591. The Kier molecular flexibility index (Phi) is 10.7. The first-order valence-corrected chi connectivity index (χ1v) is 17.9. The minimum absolute atomic E-state index is 0.291. The topological polar surface area (TPSA) is 150 Å². The molecule has 0 amide bonds. The number of hydrogen-bond acceptors (Lipinski definition) is 12. The van der Waals surface area contributed by atoms with E-state index in [1.54, 1.807) is 0 Å². The van der Waals surface area contributed by atoms with Gasteiger partial charge in [-0.3, -0.25) is 0 Å². The van der Waals surface area contributed by atoms with Gasteiger partial charge in [0.05, 0.1) is 11.4 Å². The van der Waals surface area contributed by atoms with Crippen LogP contribution in [0.5, 0.6) is 0 Å². The number of rotatable bonds is 14. The van der Waals surface area contributed by atoms with Crippen molar-refractivity contribution in [1.29, 1.82) is 0 Å². The fourth-order valence-electron chi connectivity index (χ4n) is 5.68. The van der Waals surface area contributed by atoms with Crippen LogP contribution in [0, 0.1) is 0 Å². The molecule has 0 unspecified atom stereocenters. The zero-order valence-corrected chi connectivity index (χ0v) is 30.0. The van der Waals surface area contributed by atoms with Gasteiger partial charge in [0.25, 0.3) is 0 Å². The summed E-state index contributed by atoms with van der Waals surface area (Å²) in [5.41, 5.74) is 6.35. The largest absolute Gasteiger partial charge is 0.324 e. The Balaban J connectivity index is 1.25. The molecule has 12 nitrogen and oxygen atoms in total. The van der Waals surface area contributed by atoms with Gasteiger partial charge in [-0.1, -0.05) is 133 Å². The van der Waals surface area contributed by atoms with E-state index in [1.807, 2.05) is 182 Å². The third-order valence-corrected chi connectivity index (χ3v) is 8.24. The fraction of sp³-hybridized carbons (Fsp3) is 0. The molecule has 0 atom stereocenters. The lowest BCUT2D eigenvalue weighted by atomic mass is 10.0. The van der Waals surface area contributed by atoms with Crippen LogP contribution in [0.3, 0.4) is 0 Å². The monoisotopic (exact) mass is 732 g/mol. The Morgan fingerprint density at radius 3 is 0.714 bits per heavy atom. The van der Waals surface area contributed by atoms with E-state index in [0.29, 0.717) is 47.1 Å². The van der Waals surface area contributed by atoms with Crippen LogP contribution >= 0.6 is 0 Å². The SMILES string of the molecule is c1ccc(Nc2nc(NC(=C(Nc3nc(Nc4ccccc4)nc(Nc4ccccc4)n3)c3ccccc3)c3ccccc3)nc(Nc3ccccc3)n2)cc1. The van der Waals surface area contributed by atoms with Crippen LogP contribution < -0.4 is 31.9 Å². The van der Waals surface area contributed by atoms with Gasteiger partial charge in [-0.25, -0.2) is 0 Å². The van der Waals surface area contributed by atoms with Crippen molar-refractivity contribution in [3.8, 4) is 0 Å². The van der Waals surface area contributed by atoms with Crippen LogP contribution in [0.4, 0.5) is 58.4 Å². The Morgan fingerprint density at radius 2 is 0.464 bits per heavy atom. The first-order valence-electron chi connectivity index (χ1n) is 17.9. The number of nitrogens with zero attached hydrogens (tertiary/aromatic N) is 6. The molecule has 6 aromatic carbocycles. The number of benzene rings is 6. The predicted octanol–water partition coefficient (Wildman–Crippen LogP) is 10.1. The van der Waals surface area contributed by atoms with Gasteiger partial charge >= 0.3 is 0 Å². The highest BCUT2D eigenvalue weighted by Gasteiger charge is 2.18. The molecular formula is C44H36N12. The molecule has 2 aromatic heterocycles. The summed E-state index contributed by atoms with van der Waals surface area (Å²) in [7, 11) is 0. The Morgan fingerprint density at radius 1 is 0.250 bits per heavy atom. The van der Waals surface area contributed by atoms with Crippen molar-refractivity contribution in [1.82, 2.24) is 29.9 Å². The molecule has 0 saturated heterocycles.